The molecule has 0 amide bonds. The lowest BCUT2D eigenvalue weighted by Gasteiger charge is -2.40. The number of anilines is 1. The third kappa shape index (κ3) is 5.63. The van der Waals surface area contributed by atoms with E-state index >= 15 is 0 Å². The predicted molar refractivity (Wildman–Crippen MR) is 102 cm³/mol. The van der Waals surface area contributed by atoms with Crippen LogP contribution in [-0.4, -0.2) is 94.8 Å². The number of rotatable bonds is 9. The number of carbonyl (C=O) groups is 1. The molecule has 0 bridgehead atoms. The van der Waals surface area contributed by atoms with Gasteiger partial charge in [0.15, 0.2) is 6.23 Å². The van der Waals surface area contributed by atoms with Gasteiger partial charge in [0, 0.05) is 12.2 Å². The average molecular weight is 398 g/mol. The summed E-state index contributed by atoms with van der Waals surface area (Å²) < 4.78 is 10.7. The summed E-state index contributed by atoms with van der Waals surface area (Å²) in [5, 5.41) is 41.8. The number of hydrogen-bond acceptors (Lipinski definition) is 9. The van der Waals surface area contributed by atoms with Crippen molar-refractivity contribution in [1.29, 1.82) is 0 Å². The number of benzene rings is 1. The highest BCUT2D eigenvalue weighted by Gasteiger charge is 2.43. The summed E-state index contributed by atoms with van der Waals surface area (Å²) in [6.07, 6.45) is -6.27. The van der Waals surface area contributed by atoms with Crippen LogP contribution in [-0.2, 0) is 9.47 Å². The maximum absolute atomic E-state index is 12.1. The molecule has 5 atom stereocenters. The summed E-state index contributed by atoms with van der Waals surface area (Å²) >= 11 is 0. The van der Waals surface area contributed by atoms with Crippen molar-refractivity contribution in [3.8, 4) is 0 Å². The van der Waals surface area contributed by atoms with Crippen molar-refractivity contribution in [1.82, 2.24) is 4.90 Å². The van der Waals surface area contributed by atoms with Crippen molar-refractivity contribution in [3.05, 3.63) is 29.8 Å². The average Bonchev–Trinajstić information content (AvgIpc) is 2.72. The number of nitrogens with zero attached hydrogens (tertiary/aromatic N) is 1. The smallest absolute Gasteiger partial charge is 0.338 e. The summed E-state index contributed by atoms with van der Waals surface area (Å²) in [5.74, 6) is -0.424. The Hall–Kier alpha value is -1.75. The molecule has 9 heteroatoms. The molecule has 1 aliphatic heterocycles. The molecular formula is C19H30N2O7. The van der Waals surface area contributed by atoms with Gasteiger partial charge in [-0.2, -0.15) is 0 Å². The van der Waals surface area contributed by atoms with Crippen LogP contribution in [0, 0.1) is 0 Å². The van der Waals surface area contributed by atoms with Crippen molar-refractivity contribution in [2.45, 2.75) is 44.5 Å². The van der Waals surface area contributed by atoms with E-state index in [1.165, 1.54) is 0 Å². The Labute approximate surface area is 164 Å². The van der Waals surface area contributed by atoms with Crippen LogP contribution in [0.15, 0.2) is 24.3 Å². The largest absolute Gasteiger partial charge is 0.461 e. The molecule has 1 aliphatic rings. The van der Waals surface area contributed by atoms with E-state index in [1.54, 1.807) is 24.3 Å². The summed E-state index contributed by atoms with van der Waals surface area (Å²) in [7, 11) is 0. The second-order valence-electron chi connectivity index (χ2n) is 6.63. The van der Waals surface area contributed by atoms with Gasteiger partial charge in [-0.05, 0) is 37.4 Å². The summed E-state index contributed by atoms with van der Waals surface area (Å²) in [4.78, 5) is 14.3. The molecule has 0 aromatic heterocycles. The van der Waals surface area contributed by atoms with Crippen LogP contribution in [0.1, 0.15) is 24.2 Å². The number of carbonyl (C=O) groups excluding carboxylic acids is 1. The fraction of sp³-hybridized carbons (Fsp3) is 0.632. The first-order chi connectivity index (χ1) is 13.4. The maximum atomic E-state index is 12.1. The third-order valence-corrected chi connectivity index (χ3v) is 4.86. The van der Waals surface area contributed by atoms with E-state index in [-0.39, 0.29) is 0 Å². The van der Waals surface area contributed by atoms with Crippen LogP contribution >= 0.6 is 0 Å². The third-order valence-electron chi connectivity index (χ3n) is 4.86. The normalized spacial score (nSPS) is 27.6. The predicted octanol–water partition coefficient (Wildman–Crippen LogP) is -0.603. The second kappa shape index (κ2) is 10.7. The topological polar surface area (TPSA) is 132 Å². The first-order valence-corrected chi connectivity index (χ1v) is 9.47. The maximum Gasteiger partial charge on any atom is 0.338 e. The molecule has 28 heavy (non-hydrogen) atoms. The van der Waals surface area contributed by atoms with Gasteiger partial charge < -0.3 is 40.1 Å². The van der Waals surface area contributed by atoms with Crippen LogP contribution in [0.5, 0.6) is 0 Å². The Morgan fingerprint density at radius 3 is 2.32 bits per heavy atom. The van der Waals surface area contributed by atoms with Crippen molar-refractivity contribution < 1.29 is 34.7 Å². The molecule has 2 rings (SSSR count). The molecule has 0 radical (unpaired) electrons. The van der Waals surface area contributed by atoms with Crippen LogP contribution < -0.4 is 5.32 Å². The highest BCUT2D eigenvalue weighted by atomic mass is 16.6. The van der Waals surface area contributed by atoms with Gasteiger partial charge in [-0.25, -0.2) is 4.79 Å². The van der Waals surface area contributed by atoms with Gasteiger partial charge in [-0.1, -0.05) is 13.8 Å². The fourth-order valence-corrected chi connectivity index (χ4v) is 2.98. The lowest BCUT2D eigenvalue weighted by atomic mass is 9.98. The molecule has 0 saturated carbocycles. The van der Waals surface area contributed by atoms with Gasteiger partial charge in [0.2, 0.25) is 0 Å². The molecule has 1 saturated heterocycles. The Bertz CT molecular complexity index is 607. The molecule has 1 aromatic rings. The molecule has 0 spiro atoms. The van der Waals surface area contributed by atoms with Crippen molar-refractivity contribution in [2.75, 3.05) is 38.2 Å². The summed E-state index contributed by atoms with van der Waals surface area (Å²) in [5.41, 5.74) is 0.919. The van der Waals surface area contributed by atoms with E-state index in [2.05, 4.69) is 10.2 Å². The Kier molecular flexibility index (Phi) is 8.61. The molecule has 9 nitrogen and oxygen atoms in total. The number of ether oxygens (including phenoxy) is 2. The number of esters is 1. The molecule has 1 aromatic carbocycles. The van der Waals surface area contributed by atoms with Crippen LogP contribution in [0.3, 0.4) is 0 Å². The number of hydrogen-bond donors (Lipinski definition) is 5. The van der Waals surface area contributed by atoms with Gasteiger partial charge in [-0.15, -0.1) is 0 Å². The van der Waals surface area contributed by atoms with E-state index in [0.717, 1.165) is 13.1 Å². The van der Waals surface area contributed by atoms with Gasteiger partial charge in [0.05, 0.1) is 12.2 Å². The van der Waals surface area contributed by atoms with Crippen LogP contribution in [0.4, 0.5) is 5.69 Å². The zero-order valence-electron chi connectivity index (χ0n) is 16.2. The van der Waals surface area contributed by atoms with E-state index in [1.807, 2.05) is 13.8 Å². The second-order valence-corrected chi connectivity index (χ2v) is 6.63. The lowest BCUT2D eigenvalue weighted by molar-refractivity contribution is -0.221. The minimum absolute atomic E-state index is 0.311. The van der Waals surface area contributed by atoms with Crippen LogP contribution in [0.25, 0.3) is 0 Å². The van der Waals surface area contributed by atoms with Gasteiger partial charge in [0.1, 0.15) is 31.0 Å². The van der Waals surface area contributed by atoms with E-state index in [4.69, 9.17) is 9.47 Å². The monoisotopic (exact) mass is 398 g/mol. The van der Waals surface area contributed by atoms with E-state index in [9.17, 15) is 25.2 Å². The SMILES string of the molecule is CCN(CC)CCOC(=O)c1ccc(NC2OC(CO)C(O)C(O)C2O)cc1. The molecular weight excluding hydrogens is 368 g/mol. The Morgan fingerprint density at radius 1 is 1.11 bits per heavy atom. The number of likely N-dealkylation sites (N-methyl/N-ethyl adjacent to an activating group) is 1. The highest BCUT2D eigenvalue weighted by Crippen LogP contribution is 2.23. The standard InChI is InChI=1S/C19H30N2O7/c1-3-21(4-2)9-10-27-19(26)12-5-7-13(8-6-12)20-18-17(25)16(24)15(23)14(11-22)28-18/h5-8,14-18,20,22-25H,3-4,9-11H2,1-2H3. The molecule has 5 unspecified atom stereocenters. The fourth-order valence-electron chi connectivity index (χ4n) is 2.98. The lowest BCUT2D eigenvalue weighted by Crippen LogP contribution is -2.60. The number of aliphatic hydroxyl groups excluding tert-OH is 4. The van der Waals surface area contributed by atoms with Gasteiger partial charge in [-0.3, -0.25) is 0 Å². The minimum Gasteiger partial charge on any atom is -0.461 e. The number of nitrogens with one attached hydrogen (secondary N) is 1. The Balaban J connectivity index is 1.90. The van der Waals surface area contributed by atoms with Crippen molar-refractivity contribution in [2.24, 2.45) is 0 Å². The molecule has 0 aliphatic carbocycles. The highest BCUT2D eigenvalue weighted by molar-refractivity contribution is 5.89. The van der Waals surface area contributed by atoms with E-state index < -0.39 is 43.2 Å². The quantitative estimate of drug-likeness (QED) is 0.346. The molecule has 158 valence electrons. The Morgan fingerprint density at radius 2 is 1.75 bits per heavy atom. The first kappa shape index (κ1) is 22.5. The van der Waals surface area contributed by atoms with E-state index in [0.29, 0.717) is 24.4 Å². The summed E-state index contributed by atoms with van der Waals surface area (Å²) in [6, 6.07) is 6.38. The van der Waals surface area contributed by atoms with Crippen LogP contribution in [0.2, 0.25) is 0 Å². The van der Waals surface area contributed by atoms with Crippen molar-refractivity contribution >= 4 is 11.7 Å². The molecule has 1 heterocycles. The first-order valence-electron chi connectivity index (χ1n) is 9.47. The zero-order chi connectivity index (χ0) is 20.7. The van der Waals surface area contributed by atoms with Gasteiger partial charge in [0.25, 0.3) is 0 Å². The zero-order valence-corrected chi connectivity index (χ0v) is 16.2. The minimum atomic E-state index is -1.46. The van der Waals surface area contributed by atoms with Gasteiger partial charge >= 0.3 is 5.97 Å². The molecule has 5 N–H and O–H groups in total. The van der Waals surface area contributed by atoms with Crippen molar-refractivity contribution in [3.63, 3.8) is 0 Å². The number of aliphatic hydroxyl groups is 4. The summed E-state index contributed by atoms with van der Waals surface area (Å²) in [6.45, 7) is 6.37. The molecule has 1 fully saturated rings.